The number of halogens is 2. The summed E-state index contributed by atoms with van der Waals surface area (Å²) in [6, 6.07) is 15.4. The maximum absolute atomic E-state index is 14.0. The van der Waals surface area contributed by atoms with Crippen molar-refractivity contribution in [3.05, 3.63) is 89.0 Å². The summed E-state index contributed by atoms with van der Waals surface area (Å²) in [4.78, 5) is 35.4. The van der Waals surface area contributed by atoms with E-state index in [1.54, 1.807) is 18.6 Å². The molecule has 1 amide bonds. The maximum Gasteiger partial charge on any atom is 0.260 e. The number of amides is 1. The van der Waals surface area contributed by atoms with Gasteiger partial charge in [-0.2, -0.15) is 0 Å². The highest BCUT2D eigenvalue weighted by molar-refractivity contribution is 9.10. The van der Waals surface area contributed by atoms with Crippen molar-refractivity contribution in [2.75, 3.05) is 36.4 Å². The summed E-state index contributed by atoms with van der Waals surface area (Å²) >= 11 is 3.57. The minimum atomic E-state index is -0.148. The number of hydrogen-bond acceptors (Lipinski definition) is 8. The first kappa shape index (κ1) is 28.6. The van der Waals surface area contributed by atoms with E-state index in [4.69, 9.17) is 0 Å². The standard InChI is InChI=1S/C28H29BrN8O.ClH/c1-19-7-8-22(15-26(19)35-28-33-10-9-25(34-28)21-16-31-18-32-17-21)37(20(2)36-13-11-30-12-14-36)27(38)23-5-3-4-6-24(23)29;/h3-10,15-18,20,30H,11-14H2,1-2H3,(H,33,34,35);1H. The highest BCUT2D eigenvalue weighted by Gasteiger charge is 2.30. The van der Waals surface area contributed by atoms with E-state index in [-0.39, 0.29) is 24.5 Å². The smallest absolute Gasteiger partial charge is 0.260 e. The Bertz CT molecular complexity index is 1420. The van der Waals surface area contributed by atoms with Crippen LogP contribution in [-0.2, 0) is 0 Å². The Morgan fingerprint density at radius 1 is 1.10 bits per heavy atom. The topological polar surface area (TPSA) is 99.2 Å². The van der Waals surface area contributed by atoms with Gasteiger partial charge in [0.15, 0.2) is 0 Å². The molecule has 1 fully saturated rings. The number of nitrogens with one attached hydrogen (secondary N) is 2. The van der Waals surface area contributed by atoms with Crippen molar-refractivity contribution >= 4 is 51.6 Å². The molecule has 0 spiro atoms. The third-order valence-electron chi connectivity index (χ3n) is 6.63. The highest BCUT2D eigenvalue weighted by Crippen LogP contribution is 2.30. The van der Waals surface area contributed by atoms with E-state index < -0.39 is 0 Å². The molecule has 202 valence electrons. The Labute approximate surface area is 242 Å². The van der Waals surface area contributed by atoms with Crippen molar-refractivity contribution in [2.45, 2.75) is 20.0 Å². The Balaban J connectivity index is 0.00000353. The fraction of sp³-hybridized carbons (Fsp3) is 0.250. The average Bonchev–Trinajstić information content (AvgIpc) is 2.96. The number of hydrogen-bond donors (Lipinski definition) is 2. The molecule has 4 aromatic rings. The lowest BCUT2D eigenvalue weighted by Gasteiger charge is -2.40. The number of nitrogens with zero attached hydrogens (tertiary/aromatic N) is 6. The van der Waals surface area contributed by atoms with Gasteiger partial charge < -0.3 is 10.6 Å². The van der Waals surface area contributed by atoms with Crippen LogP contribution in [0.25, 0.3) is 11.3 Å². The van der Waals surface area contributed by atoms with Crippen LogP contribution in [-0.4, -0.2) is 63.1 Å². The first-order chi connectivity index (χ1) is 18.5. The molecule has 1 unspecified atom stereocenters. The average molecular weight is 610 g/mol. The van der Waals surface area contributed by atoms with Gasteiger partial charge in [0.05, 0.1) is 17.4 Å². The highest BCUT2D eigenvalue weighted by atomic mass is 79.9. The Hall–Kier alpha value is -3.44. The number of carbonyl (C=O) groups excluding carboxylic acids is 1. The number of rotatable bonds is 7. The van der Waals surface area contributed by atoms with E-state index in [0.717, 1.165) is 58.8 Å². The van der Waals surface area contributed by atoms with Gasteiger partial charge in [-0.15, -0.1) is 12.4 Å². The van der Waals surface area contributed by atoms with Crippen molar-refractivity contribution < 1.29 is 4.79 Å². The van der Waals surface area contributed by atoms with Crippen molar-refractivity contribution in [1.29, 1.82) is 0 Å². The lowest BCUT2D eigenvalue weighted by Crippen LogP contribution is -2.55. The summed E-state index contributed by atoms with van der Waals surface area (Å²) in [5, 5.41) is 6.75. The molecule has 2 aromatic carbocycles. The monoisotopic (exact) mass is 608 g/mol. The number of piperazine rings is 1. The molecule has 9 nitrogen and oxygen atoms in total. The van der Waals surface area contributed by atoms with Gasteiger partial charge >= 0.3 is 0 Å². The fourth-order valence-electron chi connectivity index (χ4n) is 4.51. The van der Waals surface area contributed by atoms with Crippen LogP contribution in [0.2, 0.25) is 0 Å². The molecule has 0 saturated carbocycles. The van der Waals surface area contributed by atoms with Gasteiger partial charge in [-0.1, -0.05) is 18.2 Å². The zero-order valence-electron chi connectivity index (χ0n) is 21.7. The van der Waals surface area contributed by atoms with Crippen LogP contribution in [0.3, 0.4) is 0 Å². The molecular formula is C28H30BrClN8O. The molecule has 2 N–H and O–H groups in total. The molecule has 1 atom stereocenters. The summed E-state index contributed by atoms with van der Waals surface area (Å²) in [7, 11) is 0. The molecule has 2 aromatic heterocycles. The van der Waals surface area contributed by atoms with E-state index in [2.05, 4.69) is 58.3 Å². The minimum absolute atomic E-state index is 0. The van der Waals surface area contributed by atoms with Gasteiger partial charge in [-0.05, 0) is 65.7 Å². The van der Waals surface area contributed by atoms with Crippen LogP contribution in [0.4, 0.5) is 17.3 Å². The zero-order valence-corrected chi connectivity index (χ0v) is 24.1. The van der Waals surface area contributed by atoms with Gasteiger partial charge in [0.2, 0.25) is 5.95 Å². The second-order valence-corrected chi connectivity index (χ2v) is 9.94. The molecule has 0 aliphatic carbocycles. The molecule has 3 heterocycles. The molecule has 0 radical (unpaired) electrons. The lowest BCUT2D eigenvalue weighted by atomic mass is 10.1. The number of carbonyl (C=O) groups is 1. The summed E-state index contributed by atoms with van der Waals surface area (Å²) in [5.74, 6) is 0.381. The molecular weight excluding hydrogens is 580 g/mol. The second-order valence-electron chi connectivity index (χ2n) is 9.09. The van der Waals surface area contributed by atoms with E-state index >= 15 is 0 Å². The second kappa shape index (κ2) is 13.1. The lowest BCUT2D eigenvalue weighted by molar-refractivity contribution is 0.0922. The third-order valence-corrected chi connectivity index (χ3v) is 7.33. The normalized spacial score (nSPS) is 14.2. The fourth-order valence-corrected chi connectivity index (χ4v) is 4.97. The van der Waals surface area contributed by atoms with Crippen molar-refractivity contribution in [3.8, 4) is 11.3 Å². The van der Waals surface area contributed by atoms with E-state index in [9.17, 15) is 4.79 Å². The van der Waals surface area contributed by atoms with Crippen LogP contribution in [0.5, 0.6) is 0 Å². The van der Waals surface area contributed by atoms with Gasteiger partial charge in [-0.3, -0.25) is 14.6 Å². The first-order valence-electron chi connectivity index (χ1n) is 12.5. The summed E-state index contributed by atoms with van der Waals surface area (Å²) < 4.78 is 0.767. The van der Waals surface area contributed by atoms with Crippen LogP contribution < -0.4 is 15.5 Å². The van der Waals surface area contributed by atoms with Gasteiger partial charge in [0.25, 0.3) is 5.91 Å². The van der Waals surface area contributed by atoms with E-state index in [1.807, 2.05) is 60.4 Å². The zero-order chi connectivity index (χ0) is 26.5. The number of aryl methyl sites for hydroxylation is 1. The molecule has 0 bridgehead atoms. The summed E-state index contributed by atoms with van der Waals surface area (Å²) in [5.41, 5.74) is 4.76. The quantitative estimate of drug-likeness (QED) is 0.300. The molecule has 1 aliphatic rings. The van der Waals surface area contributed by atoms with Gasteiger partial charge in [-0.25, -0.2) is 19.9 Å². The minimum Gasteiger partial charge on any atom is -0.324 e. The van der Waals surface area contributed by atoms with Crippen LogP contribution in [0, 0.1) is 6.92 Å². The van der Waals surface area contributed by atoms with Crippen LogP contribution in [0.15, 0.2) is 77.9 Å². The predicted octanol–water partition coefficient (Wildman–Crippen LogP) is 5.07. The first-order valence-corrected chi connectivity index (χ1v) is 13.3. The Kier molecular flexibility index (Phi) is 9.58. The van der Waals surface area contributed by atoms with Crippen LogP contribution in [0.1, 0.15) is 22.8 Å². The Morgan fingerprint density at radius 3 is 2.59 bits per heavy atom. The molecule has 1 aliphatic heterocycles. The number of anilines is 3. The van der Waals surface area contributed by atoms with Crippen LogP contribution >= 0.6 is 28.3 Å². The van der Waals surface area contributed by atoms with Crippen molar-refractivity contribution in [3.63, 3.8) is 0 Å². The molecule has 1 saturated heterocycles. The molecule has 39 heavy (non-hydrogen) atoms. The predicted molar refractivity (Wildman–Crippen MR) is 160 cm³/mol. The van der Waals surface area contributed by atoms with E-state index in [0.29, 0.717) is 11.5 Å². The third kappa shape index (κ3) is 6.59. The molecule has 5 rings (SSSR count). The van der Waals surface area contributed by atoms with Gasteiger partial charge in [0, 0.05) is 66.2 Å². The van der Waals surface area contributed by atoms with Gasteiger partial charge in [0.1, 0.15) is 6.33 Å². The summed E-state index contributed by atoms with van der Waals surface area (Å²) in [6.07, 6.45) is 6.47. The Morgan fingerprint density at radius 2 is 1.85 bits per heavy atom. The van der Waals surface area contributed by atoms with E-state index in [1.165, 1.54) is 6.33 Å². The SMILES string of the molecule is Cc1ccc(N(C(=O)c2ccccc2Br)C(C)N2CCNCC2)cc1Nc1nccc(-c2cncnc2)n1.Cl. The van der Waals surface area contributed by atoms with Crippen molar-refractivity contribution in [2.24, 2.45) is 0 Å². The summed E-state index contributed by atoms with van der Waals surface area (Å²) in [6.45, 7) is 7.61. The number of benzene rings is 2. The number of aromatic nitrogens is 4. The van der Waals surface area contributed by atoms with Crippen molar-refractivity contribution in [1.82, 2.24) is 30.2 Å². The molecule has 11 heteroatoms. The maximum atomic E-state index is 14.0. The largest absolute Gasteiger partial charge is 0.324 e.